The molecule has 2 saturated heterocycles. The Bertz CT molecular complexity index is 1410. The number of hydrogen-bond donors (Lipinski definition) is 1. The van der Waals surface area contributed by atoms with Crippen molar-refractivity contribution in [3.8, 4) is 11.8 Å². The Kier molecular flexibility index (Phi) is 6.18. The molecule has 192 valence electrons. The number of sulfone groups is 1. The van der Waals surface area contributed by atoms with Gasteiger partial charge in [-0.05, 0) is 36.6 Å². The van der Waals surface area contributed by atoms with Gasteiger partial charge in [0.1, 0.15) is 12.0 Å². The molecule has 0 radical (unpaired) electrons. The standard InChI is InChI=1S/C23H27FN6O5S/c1-14-9-15-12-25-30(19(15)10-17(14)16-3-4-29(23(31)32)13-18(16)24)21-11-20(26-22(27-21)35-2)28-5-7-36(33,34)8-6-28/h9-12,16,18H,3-8,13H2,1-2H3,(H,31,32). The molecule has 3 aromatic rings. The van der Waals surface area contributed by atoms with Gasteiger partial charge in [-0.25, -0.2) is 22.3 Å². The third kappa shape index (κ3) is 4.54. The Hall–Kier alpha value is -3.48. The molecule has 0 saturated carbocycles. The number of carboxylic acid groups (broad SMARTS) is 1. The highest BCUT2D eigenvalue weighted by Crippen LogP contribution is 2.35. The Morgan fingerprint density at radius 1 is 1.14 bits per heavy atom. The van der Waals surface area contributed by atoms with Gasteiger partial charge in [-0.3, -0.25) is 0 Å². The molecule has 0 spiro atoms. The van der Waals surface area contributed by atoms with Crippen LogP contribution in [0.4, 0.5) is 15.0 Å². The van der Waals surface area contributed by atoms with Crippen LogP contribution in [0.5, 0.6) is 6.01 Å². The quantitative estimate of drug-likeness (QED) is 0.552. The summed E-state index contributed by atoms with van der Waals surface area (Å²) >= 11 is 0. The SMILES string of the molecule is COc1nc(N2CCS(=O)(=O)CC2)cc(-n2ncc3cc(C)c(C4CCN(C(=O)O)CC4F)cc32)n1. The Morgan fingerprint density at radius 2 is 1.86 bits per heavy atom. The summed E-state index contributed by atoms with van der Waals surface area (Å²) in [5.41, 5.74) is 2.44. The number of methoxy groups -OCH3 is 1. The number of aryl methyl sites for hydroxylation is 1. The first-order chi connectivity index (χ1) is 17.1. The molecule has 13 heteroatoms. The number of halogens is 1. The van der Waals surface area contributed by atoms with Crippen LogP contribution in [0, 0.1) is 6.92 Å². The average Bonchev–Trinajstić information content (AvgIpc) is 3.25. The maximum absolute atomic E-state index is 15.1. The first-order valence-corrected chi connectivity index (χ1v) is 13.5. The number of benzene rings is 1. The van der Waals surface area contributed by atoms with Crippen LogP contribution >= 0.6 is 0 Å². The van der Waals surface area contributed by atoms with Gasteiger partial charge in [0.25, 0.3) is 0 Å². The molecule has 36 heavy (non-hydrogen) atoms. The van der Waals surface area contributed by atoms with Gasteiger partial charge >= 0.3 is 12.1 Å². The first kappa shape index (κ1) is 24.2. The van der Waals surface area contributed by atoms with E-state index in [1.165, 1.54) is 7.11 Å². The van der Waals surface area contributed by atoms with Crippen LogP contribution in [-0.2, 0) is 9.84 Å². The van der Waals surface area contributed by atoms with E-state index in [1.807, 2.05) is 24.0 Å². The second kappa shape index (κ2) is 9.19. The van der Waals surface area contributed by atoms with Gasteiger partial charge in [-0.1, -0.05) is 0 Å². The Balaban J connectivity index is 1.52. The number of piperidine rings is 1. The second-order valence-corrected chi connectivity index (χ2v) is 11.5. The summed E-state index contributed by atoms with van der Waals surface area (Å²) in [6.07, 6.45) is -0.338. The van der Waals surface area contributed by atoms with Crippen LogP contribution in [0.15, 0.2) is 24.4 Å². The average molecular weight is 519 g/mol. The Labute approximate surface area is 207 Å². The van der Waals surface area contributed by atoms with Crippen molar-refractivity contribution in [3.63, 3.8) is 0 Å². The molecule has 2 aromatic heterocycles. The summed E-state index contributed by atoms with van der Waals surface area (Å²) in [7, 11) is -1.60. The lowest BCUT2D eigenvalue weighted by Crippen LogP contribution is -2.43. The molecule has 2 aliphatic heterocycles. The maximum atomic E-state index is 15.1. The van der Waals surface area contributed by atoms with Gasteiger partial charge < -0.3 is 19.6 Å². The molecule has 2 aliphatic rings. The predicted octanol–water partition coefficient (Wildman–Crippen LogP) is 2.17. The summed E-state index contributed by atoms with van der Waals surface area (Å²) in [5.74, 6) is 0.638. The lowest BCUT2D eigenvalue weighted by molar-refractivity contribution is 0.0962. The minimum Gasteiger partial charge on any atom is -0.467 e. The van der Waals surface area contributed by atoms with E-state index in [2.05, 4.69) is 15.1 Å². The summed E-state index contributed by atoms with van der Waals surface area (Å²) in [5, 5.41) is 14.6. The van der Waals surface area contributed by atoms with Gasteiger partial charge in [-0.2, -0.15) is 15.1 Å². The number of nitrogens with zero attached hydrogens (tertiary/aromatic N) is 6. The second-order valence-electron chi connectivity index (χ2n) is 9.17. The van der Waals surface area contributed by atoms with Crippen molar-refractivity contribution in [3.05, 3.63) is 35.5 Å². The number of aromatic nitrogens is 4. The van der Waals surface area contributed by atoms with Gasteiger partial charge in [-0.15, -0.1) is 0 Å². The molecule has 1 amide bonds. The molecule has 1 aromatic carbocycles. The largest absolute Gasteiger partial charge is 0.467 e. The fourth-order valence-corrected chi connectivity index (χ4v) is 6.12. The summed E-state index contributed by atoms with van der Waals surface area (Å²) in [6.45, 7) is 2.67. The van der Waals surface area contributed by atoms with Crippen molar-refractivity contribution >= 4 is 32.7 Å². The molecule has 0 aliphatic carbocycles. The highest BCUT2D eigenvalue weighted by Gasteiger charge is 2.33. The number of fused-ring (bicyclic) bond motifs is 1. The van der Waals surface area contributed by atoms with E-state index >= 15 is 4.39 Å². The number of amides is 1. The fourth-order valence-electron chi connectivity index (χ4n) is 4.92. The molecular weight excluding hydrogens is 491 g/mol. The van der Waals surface area contributed by atoms with Crippen LogP contribution < -0.4 is 9.64 Å². The van der Waals surface area contributed by atoms with Crippen molar-refractivity contribution in [1.29, 1.82) is 0 Å². The fraction of sp³-hybridized carbons (Fsp3) is 0.478. The lowest BCUT2D eigenvalue weighted by Gasteiger charge is -2.34. The predicted molar refractivity (Wildman–Crippen MR) is 131 cm³/mol. The third-order valence-electron chi connectivity index (χ3n) is 6.91. The van der Waals surface area contributed by atoms with Crippen LogP contribution in [-0.4, -0.2) is 95.2 Å². The smallest absolute Gasteiger partial charge is 0.407 e. The highest BCUT2D eigenvalue weighted by molar-refractivity contribution is 7.91. The minimum atomic E-state index is -3.05. The summed E-state index contributed by atoms with van der Waals surface area (Å²) in [4.78, 5) is 23.1. The summed E-state index contributed by atoms with van der Waals surface area (Å²) < 4.78 is 45.7. The summed E-state index contributed by atoms with van der Waals surface area (Å²) in [6, 6.07) is 5.69. The molecule has 1 N–H and O–H groups in total. The van der Waals surface area contributed by atoms with Crippen molar-refractivity contribution < 1.29 is 27.4 Å². The lowest BCUT2D eigenvalue weighted by atomic mass is 9.85. The normalized spacial score (nSPS) is 22.1. The van der Waals surface area contributed by atoms with Gasteiger partial charge in [0, 0.05) is 37.0 Å². The Morgan fingerprint density at radius 3 is 2.53 bits per heavy atom. The first-order valence-electron chi connectivity index (χ1n) is 11.6. The van der Waals surface area contributed by atoms with Crippen molar-refractivity contribution in [2.24, 2.45) is 0 Å². The van der Waals surface area contributed by atoms with Crippen molar-refractivity contribution in [1.82, 2.24) is 24.6 Å². The molecule has 4 heterocycles. The van der Waals surface area contributed by atoms with Crippen LogP contribution in [0.1, 0.15) is 23.5 Å². The molecular formula is C23H27FN6O5S. The van der Waals surface area contributed by atoms with Crippen molar-refractivity contribution in [2.45, 2.75) is 25.4 Å². The topological polar surface area (TPSA) is 131 Å². The molecule has 0 bridgehead atoms. The molecule has 5 rings (SSSR count). The van der Waals surface area contributed by atoms with Gasteiger partial charge in [0.15, 0.2) is 15.7 Å². The number of ether oxygens (including phenoxy) is 1. The minimum absolute atomic E-state index is 0.0487. The number of hydrogen-bond acceptors (Lipinski definition) is 8. The number of likely N-dealkylation sites (tertiary alicyclic amines) is 1. The van der Waals surface area contributed by atoms with Gasteiger partial charge in [0.05, 0.1) is 36.9 Å². The third-order valence-corrected chi connectivity index (χ3v) is 8.52. The highest BCUT2D eigenvalue weighted by atomic mass is 32.2. The monoisotopic (exact) mass is 518 g/mol. The number of anilines is 1. The van der Waals surface area contributed by atoms with E-state index in [1.54, 1.807) is 16.9 Å². The van der Waals surface area contributed by atoms with E-state index in [9.17, 15) is 18.3 Å². The molecule has 2 fully saturated rings. The van der Waals surface area contributed by atoms with E-state index in [0.29, 0.717) is 31.1 Å². The van der Waals surface area contributed by atoms with Crippen LogP contribution in [0.25, 0.3) is 16.7 Å². The number of carbonyl (C=O) groups is 1. The zero-order valence-corrected chi connectivity index (χ0v) is 20.8. The zero-order valence-electron chi connectivity index (χ0n) is 20.0. The van der Waals surface area contributed by atoms with Crippen LogP contribution in [0.3, 0.4) is 0 Å². The van der Waals surface area contributed by atoms with E-state index in [-0.39, 0.29) is 30.6 Å². The zero-order chi connectivity index (χ0) is 25.6. The maximum Gasteiger partial charge on any atom is 0.407 e. The van der Waals surface area contributed by atoms with Crippen LogP contribution in [0.2, 0.25) is 0 Å². The van der Waals surface area contributed by atoms with Gasteiger partial charge in [0.2, 0.25) is 0 Å². The van der Waals surface area contributed by atoms with E-state index in [0.717, 1.165) is 26.9 Å². The molecule has 2 atom stereocenters. The van der Waals surface area contributed by atoms with E-state index < -0.39 is 28.0 Å². The number of rotatable bonds is 4. The number of alkyl halides is 1. The molecule has 2 unspecified atom stereocenters. The molecule has 11 nitrogen and oxygen atoms in total. The van der Waals surface area contributed by atoms with E-state index in [4.69, 9.17) is 4.74 Å². The van der Waals surface area contributed by atoms with Crippen molar-refractivity contribution in [2.75, 3.05) is 49.7 Å².